The van der Waals surface area contributed by atoms with E-state index in [1.165, 1.54) is 5.56 Å². The maximum atomic E-state index is 6.34. The SMILES string of the molecule is CC(C)c1ccc(Cl)c(-c2ccc3c(N)n[nH]c3c2)c1. The van der Waals surface area contributed by atoms with Crippen molar-refractivity contribution in [2.75, 3.05) is 5.73 Å². The van der Waals surface area contributed by atoms with Crippen molar-refractivity contribution in [3.63, 3.8) is 0 Å². The number of fused-ring (bicyclic) bond motifs is 1. The van der Waals surface area contributed by atoms with Crippen LogP contribution in [0.3, 0.4) is 0 Å². The minimum absolute atomic E-state index is 0.470. The number of hydrogen-bond acceptors (Lipinski definition) is 2. The van der Waals surface area contributed by atoms with Gasteiger partial charge in [-0.25, -0.2) is 0 Å². The second-order valence-electron chi connectivity index (χ2n) is 5.26. The molecular formula is C16H16ClN3. The summed E-state index contributed by atoms with van der Waals surface area (Å²) in [5, 5.41) is 8.64. The summed E-state index contributed by atoms with van der Waals surface area (Å²) in [6, 6.07) is 12.2. The molecule has 0 fully saturated rings. The predicted octanol–water partition coefficient (Wildman–Crippen LogP) is 4.59. The molecule has 3 aromatic rings. The molecule has 4 heteroatoms. The molecule has 3 N–H and O–H groups in total. The average Bonchev–Trinajstić information content (AvgIpc) is 2.80. The van der Waals surface area contributed by atoms with Crippen molar-refractivity contribution in [1.82, 2.24) is 10.2 Å². The molecule has 1 aromatic heterocycles. The summed E-state index contributed by atoms with van der Waals surface area (Å²) >= 11 is 6.34. The molecule has 0 bridgehead atoms. The van der Waals surface area contributed by atoms with Crippen molar-refractivity contribution < 1.29 is 0 Å². The van der Waals surface area contributed by atoms with Crippen LogP contribution in [0.2, 0.25) is 5.02 Å². The number of hydrogen-bond donors (Lipinski definition) is 2. The highest BCUT2D eigenvalue weighted by atomic mass is 35.5. The van der Waals surface area contributed by atoms with Crippen LogP contribution in [0.25, 0.3) is 22.0 Å². The molecule has 0 aliphatic rings. The minimum atomic E-state index is 0.470. The highest BCUT2D eigenvalue weighted by Crippen LogP contribution is 2.33. The van der Waals surface area contributed by atoms with Gasteiger partial charge in [-0.05, 0) is 41.3 Å². The second-order valence-corrected chi connectivity index (χ2v) is 5.67. The van der Waals surface area contributed by atoms with Crippen LogP contribution in [0.5, 0.6) is 0 Å². The maximum Gasteiger partial charge on any atom is 0.153 e. The normalized spacial score (nSPS) is 11.4. The minimum Gasteiger partial charge on any atom is -0.382 e. The Balaban J connectivity index is 2.16. The summed E-state index contributed by atoms with van der Waals surface area (Å²) in [4.78, 5) is 0. The summed E-state index contributed by atoms with van der Waals surface area (Å²) < 4.78 is 0. The van der Waals surface area contributed by atoms with E-state index in [2.05, 4.69) is 36.2 Å². The van der Waals surface area contributed by atoms with Gasteiger partial charge in [-0.2, -0.15) is 5.10 Å². The van der Waals surface area contributed by atoms with Crippen LogP contribution in [0.4, 0.5) is 5.82 Å². The van der Waals surface area contributed by atoms with E-state index in [9.17, 15) is 0 Å². The summed E-state index contributed by atoms with van der Waals surface area (Å²) in [5.74, 6) is 0.992. The van der Waals surface area contributed by atoms with Gasteiger partial charge in [0.05, 0.1) is 5.52 Å². The van der Waals surface area contributed by atoms with Gasteiger partial charge in [0.25, 0.3) is 0 Å². The number of H-pyrrole nitrogens is 1. The topological polar surface area (TPSA) is 54.7 Å². The highest BCUT2D eigenvalue weighted by Gasteiger charge is 2.09. The van der Waals surface area contributed by atoms with Crippen LogP contribution in [0.1, 0.15) is 25.3 Å². The number of aromatic nitrogens is 2. The molecule has 0 saturated carbocycles. The smallest absolute Gasteiger partial charge is 0.153 e. The molecule has 0 atom stereocenters. The van der Waals surface area contributed by atoms with Gasteiger partial charge < -0.3 is 5.73 Å². The maximum absolute atomic E-state index is 6.34. The first-order chi connectivity index (χ1) is 9.56. The Labute approximate surface area is 122 Å². The fraction of sp³-hybridized carbons (Fsp3) is 0.188. The van der Waals surface area contributed by atoms with Crippen LogP contribution in [-0.4, -0.2) is 10.2 Å². The van der Waals surface area contributed by atoms with Gasteiger partial charge in [-0.3, -0.25) is 5.10 Å². The Hall–Kier alpha value is -2.00. The van der Waals surface area contributed by atoms with Crippen LogP contribution in [0, 0.1) is 0 Å². The Kier molecular flexibility index (Phi) is 3.14. The van der Waals surface area contributed by atoms with Crippen LogP contribution in [0.15, 0.2) is 36.4 Å². The number of nitrogens with zero attached hydrogens (tertiary/aromatic N) is 1. The van der Waals surface area contributed by atoms with Crippen molar-refractivity contribution in [2.45, 2.75) is 19.8 Å². The molecule has 1 heterocycles. The first-order valence-electron chi connectivity index (χ1n) is 6.59. The van der Waals surface area contributed by atoms with Crippen molar-refractivity contribution in [1.29, 1.82) is 0 Å². The summed E-state index contributed by atoms with van der Waals surface area (Å²) in [6.45, 7) is 4.34. The molecular weight excluding hydrogens is 270 g/mol. The number of rotatable bonds is 2. The summed E-state index contributed by atoms with van der Waals surface area (Å²) in [7, 11) is 0. The molecule has 0 unspecified atom stereocenters. The summed E-state index contributed by atoms with van der Waals surface area (Å²) in [6.07, 6.45) is 0. The zero-order valence-electron chi connectivity index (χ0n) is 11.4. The lowest BCUT2D eigenvalue weighted by atomic mass is 9.97. The number of benzene rings is 2. The van der Waals surface area contributed by atoms with E-state index < -0.39 is 0 Å². The number of aromatic amines is 1. The molecule has 0 radical (unpaired) electrons. The standard InChI is InChI=1S/C16H16ClN3/c1-9(2)10-4-6-14(17)13(7-10)11-3-5-12-15(8-11)19-20-16(12)18/h3-9H,1-2H3,(H3,18,19,20). The molecule has 0 aliphatic heterocycles. The molecule has 2 aromatic carbocycles. The molecule has 0 amide bonds. The number of nitrogens with two attached hydrogens (primary N) is 1. The molecule has 0 spiro atoms. The van der Waals surface area contributed by atoms with E-state index in [0.717, 1.165) is 27.1 Å². The average molecular weight is 286 g/mol. The summed E-state index contributed by atoms with van der Waals surface area (Å²) in [5.41, 5.74) is 10.1. The molecule has 0 aliphatic carbocycles. The van der Waals surface area contributed by atoms with Gasteiger partial charge in [-0.1, -0.05) is 37.6 Å². The van der Waals surface area contributed by atoms with E-state index in [-0.39, 0.29) is 0 Å². The highest BCUT2D eigenvalue weighted by molar-refractivity contribution is 6.33. The predicted molar refractivity (Wildman–Crippen MR) is 85.0 cm³/mol. The second kappa shape index (κ2) is 4.84. The zero-order chi connectivity index (χ0) is 14.3. The van der Waals surface area contributed by atoms with Crippen LogP contribution in [-0.2, 0) is 0 Å². The van der Waals surface area contributed by atoms with E-state index in [1.54, 1.807) is 0 Å². The Morgan fingerprint density at radius 2 is 1.95 bits per heavy atom. The van der Waals surface area contributed by atoms with E-state index in [0.29, 0.717) is 11.7 Å². The quantitative estimate of drug-likeness (QED) is 0.723. The first-order valence-corrected chi connectivity index (χ1v) is 6.97. The van der Waals surface area contributed by atoms with E-state index in [4.69, 9.17) is 17.3 Å². The molecule has 3 nitrogen and oxygen atoms in total. The third kappa shape index (κ3) is 2.14. The number of anilines is 1. The third-order valence-electron chi connectivity index (χ3n) is 3.56. The Morgan fingerprint density at radius 3 is 2.70 bits per heavy atom. The number of nitrogens with one attached hydrogen (secondary N) is 1. The van der Waals surface area contributed by atoms with Gasteiger partial charge in [0, 0.05) is 16.0 Å². The third-order valence-corrected chi connectivity index (χ3v) is 3.89. The lowest BCUT2D eigenvalue weighted by Crippen LogP contribution is -1.89. The van der Waals surface area contributed by atoms with Crippen molar-refractivity contribution >= 4 is 28.3 Å². The fourth-order valence-electron chi connectivity index (χ4n) is 2.33. The van der Waals surface area contributed by atoms with Gasteiger partial charge in [0.15, 0.2) is 5.82 Å². The van der Waals surface area contributed by atoms with Gasteiger partial charge in [0.1, 0.15) is 0 Å². The van der Waals surface area contributed by atoms with E-state index in [1.807, 2.05) is 24.3 Å². The molecule has 102 valence electrons. The van der Waals surface area contributed by atoms with Crippen LogP contribution < -0.4 is 5.73 Å². The molecule has 0 saturated heterocycles. The Bertz CT molecular complexity index is 774. The lowest BCUT2D eigenvalue weighted by Gasteiger charge is -2.10. The van der Waals surface area contributed by atoms with Crippen molar-refractivity contribution in [3.8, 4) is 11.1 Å². The monoisotopic (exact) mass is 285 g/mol. The first kappa shape index (κ1) is 13.0. The Morgan fingerprint density at radius 1 is 1.15 bits per heavy atom. The van der Waals surface area contributed by atoms with Gasteiger partial charge in [-0.15, -0.1) is 0 Å². The van der Waals surface area contributed by atoms with Crippen LogP contribution >= 0.6 is 11.6 Å². The largest absolute Gasteiger partial charge is 0.382 e. The molecule has 3 rings (SSSR count). The molecule has 20 heavy (non-hydrogen) atoms. The van der Waals surface area contributed by atoms with Crippen molar-refractivity contribution in [3.05, 3.63) is 47.0 Å². The van der Waals surface area contributed by atoms with Crippen molar-refractivity contribution in [2.24, 2.45) is 0 Å². The fourth-order valence-corrected chi connectivity index (χ4v) is 2.56. The van der Waals surface area contributed by atoms with E-state index >= 15 is 0 Å². The van der Waals surface area contributed by atoms with Gasteiger partial charge >= 0.3 is 0 Å². The zero-order valence-corrected chi connectivity index (χ0v) is 12.2. The lowest BCUT2D eigenvalue weighted by molar-refractivity contribution is 0.867. The number of nitrogen functional groups attached to an aromatic ring is 1. The van der Waals surface area contributed by atoms with Gasteiger partial charge in [0.2, 0.25) is 0 Å². The number of halogens is 1.